The Morgan fingerprint density at radius 2 is 1.75 bits per heavy atom. The second kappa shape index (κ2) is 8.46. The van der Waals surface area contributed by atoms with Gasteiger partial charge in [-0.25, -0.2) is 4.79 Å². The molecule has 6 nitrogen and oxygen atoms in total. The molecule has 0 aliphatic carbocycles. The maximum Gasteiger partial charge on any atom is 0.330 e. The van der Waals surface area contributed by atoms with Crippen LogP contribution < -0.4 is 0 Å². The zero-order chi connectivity index (χ0) is 12.4. The molecule has 0 aromatic heterocycles. The van der Waals surface area contributed by atoms with E-state index in [1.54, 1.807) is 0 Å². The van der Waals surface area contributed by atoms with E-state index in [4.69, 9.17) is 5.11 Å². The second-order valence-electron chi connectivity index (χ2n) is 2.84. The molecule has 0 heterocycles. The molecule has 0 aliphatic heterocycles. The first-order chi connectivity index (χ1) is 7.56. The first kappa shape index (κ1) is 14.2. The zero-order valence-electron chi connectivity index (χ0n) is 8.81. The molecule has 0 radical (unpaired) electrons. The van der Waals surface area contributed by atoms with Crippen molar-refractivity contribution < 1.29 is 29.0 Å². The van der Waals surface area contributed by atoms with E-state index < -0.39 is 17.9 Å². The van der Waals surface area contributed by atoms with E-state index in [-0.39, 0.29) is 26.1 Å². The molecule has 90 valence electrons. The van der Waals surface area contributed by atoms with Gasteiger partial charge in [-0.2, -0.15) is 0 Å². The number of hydrogen-bond donors (Lipinski definition) is 1. The van der Waals surface area contributed by atoms with E-state index in [0.717, 1.165) is 6.08 Å². The smallest absolute Gasteiger partial charge is 0.330 e. The zero-order valence-corrected chi connectivity index (χ0v) is 8.81. The number of esters is 2. The van der Waals surface area contributed by atoms with Crippen molar-refractivity contribution in [2.24, 2.45) is 0 Å². The normalized spacial score (nSPS) is 9.25. The van der Waals surface area contributed by atoms with Gasteiger partial charge >= 0.3 is 17.9 Å². The molecule has 0 fully saturated rings. The summed E-state index contributed by atoms with van der Waals surface area (Å²) >= 11 is 0. The molecule has 0 bridgehead atoms. The van der Waals surface area contributed by atoms with E-state index in [0.29, 0.717) is 6.42 Å². The number of carbonyl (C=O) groups excluding carboxylic acids is 2. The van der Waals surface area contributed by atoms with Crippen LogP contribution in [0.4, 0.5) is 0 Å². The van der Waals surface area contributed by atoms with Crippen molar-refractivity contribution in [2.45, 2.75) is 19.3 Å². The number of carbonyl (C=O) groups is 3. The molecule has 0 saturated carbocycles. The minimum absolute atomic E-state index is 0.100. The van der Waals surface area contributed by atoms with Crippen LogP contribution in [0.3, 0.4) is 0 Å². The van der Waals surface area contributed by atoms with Crippen LogP contribution in [-0.4, -0.2) is 36.2 Å². The Labute approximate surface area is 92.8 Å². The summed E-state index contributed by atoms with van der Waals surface area (Å²) in [4.78, 5) is 31.6. The fourth-order valence-corrected chi connectivity index (χ4v) is 0.758. The standard InChI is InChI=1S/C10H14O6/c1-2-9(13)15-6-3-7-16-10(14)5-4-8(11)12/h2H,1,3-7H2,(H,11,12). The number of carboxylic acids is 1. The first-order valence-electron chi connectivity index (χ1n) is 4.73. The van der Waals surface area contributed by atoms with Crippen molar-refractivity contribution in [1.82, 2.24) is 0 Å². The van der Waals surface area contributed by atoms with Gasteiger partial charge in [0.25, 0.3) is 0 Å². The van der Waals surface area contributed by atoms with Crippen molar-refractivity contribution in [3.8, 4) is 0 Å². The molecule has 1 N–H and O–H groups in total. The largest absolute Gasteiger partial charge is 0.481 e. The molecule has 0 spiro atoms. The molecular formula is C10H14O6. The van der Waals surface area contributed by atoms with Crippen LogP contribution in [0.1, 0.15) is 19.3 Å². The van der Waals surface area contributed by atoms with Gasteiger partial charge in [-0.3, -0.25) is 9.59 Å². The van der Waals surface area contributed by atoms with Crippen LogP contribution in [0.25, 0.3) is 0 Å². The average molecular weight is 230 g/mol. The molecular weight excluding hydrogens is 216 g/mol. The SMILES string of the molecule is C=CC(=O)OCCCOC(=O)CCC(=O)O. The molecule has 0 unspecified atom stereocenters. The molecule has 0 atom stereocenters. The van der Waals surface area contributed by atoms with Gasteiger partial charge in [0.2, 0.25) is 0 Å². The van der Waals surface area contributed by atoms with Crippen molar-refractivity contribution >= 4 is 17.9 Å². The lowest BCUT2D eigenvalue weighted by atomic mass is 10.3. The number of carboxylic acid groups (broad SMARTS) is 1. The highest BCUT2D eigenvalue weighted by Gasteiger charge is 2.06. The Balaban J connectivity index is 3.37. The molecule has 6 heteroatoms. The predicted molar refractivity (Wildman–Crippen MR) is 53.6 cm³/mol. The van der Waals surface area contributed by atoms with E-state index in [2.05, 4.69) is 16.1 Å². The van der Waals surface area contributed by atoms with Crippen molar-refractivity contribution in [3.63, 3.8) is 0 Å². The number of rotatable bonds is 8. The maximum absolute atomic E-state index is 10.9. The monoisotopic (exact) mass is 230 g/mol. The summed E-state index contributed by atoms with van der Waals surface area (Å²) in [7, 11) is 0. The second-order valence-corrected chi connectivity index (χ2v) is 2.84. The van der Waals surface area contributed by atoms with Gasteiger partial charge in [-0.05, 0) is 0 Å². The maximum atomic E-state index is 10.9. The van der Waals surface area contributed by atoms with Gasteiger partial charge < -0.3 is 14.6 Å². The van der Waals surface area contributed by atoms with Crippen molar-refractivity contribution in [2.75, 3.05) is 13.2 Å². The Bertz CT molecular complexity index is 270. The Morgan fingerprint density at radius 1 is 1.12 bits per heavy atom. The first-order valence-corrected chi connectivity index (χ1v) is 4.73. The van der Waals surface area contributed by atoms with Gasteiger partial charge in [0, 0.05) is 12.5 Å². The topological polar surface area (TPSA) is 89.9 Å². The highest BCUT2D eigenvalue weighted by atomic mass is 16.5. The number of ether oxygens (including phenoxy) is 2. The lowest BCUT2D eigenvalue weighted by Crippen LogP contribution is -2.10. The number of aliphatic carboxylic acids is 1. The molecule has 0 rings (SSSR count). The highest BCUT2D eigenvalue weighted by Crippen LogP contribution is 1.94. The fraction of sp³-hybridized carbons (Fsp3) is 0.500. The minimum atomic E-state index is -1.04. The van der Waals surface area contributed by atoms with Gasteiger partial charge in [0.15, 0.2) is 0 Å². The van der Waals surface area contributed by atoms with Crippen LogP contribution >= 0.6 is 0 Å². The average Bonchev–Trinajstić information content (AvgIpc) is 2.25. The molecule has 0 saturated heterocycles. The fourth-order valence-electron chi connectivity index (χ4n) is 0.758. The Kier molecular flexibility index (Phi) is 7.48. The molecule has 0 aromatic carbocycles. The Morgan fingerprint density at radius 3 is 2.31 bits per heavy atom. The van der Waals surface area contributed by atoms with Crippen LogP contribution in [0.5, 0.6) is 0 Å². The van der Waals surface area contributed by atoms with E-state index >= 15 is 0 Å². The summed E-state index contributed by atoms with van der Waals surface area (Å²) in [5.74, 6) is -2.15. The summed E-state index contributed by atoms with van der Waals surface area (Å²) in [6, 6.07) is 0. The lowest BCUT2D eigenvalue weighted by molar-refractivity contribution is -0.148. The third-order valence-corrected chi connectivity index (χ3v) is 1.51. The molecule has 0 aliphatic rings. The van der Waals surface area contributed by atoms with E-state index in [1.807, 2.05) is 0 Å². The quantitative estimate of drug-likeness (QED) is 0.371. The van der Waals surface area contributed by atoms with Crippen LogP contribution in [0.2, 0.25) is 0 Å². The summed E-state index contributed by atoms with van der Waals surface area (Å²) in [5.41, 5.74) is 0. The Hall–Kier alpha value is -1.85. The summed E-state index contributed by atoms with van der Waals surface area (Å²) in [6.45, 7) is 3.45. The van der Waals surface area contributed by atoms with Gasteiger partial charge in [0.05, 0.1) is 26.1 Å². The van der Waals surface area contributed by atoms with Crippen LogP contribution in [0, 0.1) is 0 Å². The van der Waals surface area contributed by atoms with E-state index in [9.17, 15) is 14.4 Å². The van der Waals surface area contributed by atoms with Crippen LogP contribution in [-0.2, 0) is 23.9 Å². The number of hydrogen-bond acceptors (Lipinski definition) is 5. The third kappa shape index (κ3) is 8.74. The van der Waals surface area contributed by atoms with E-state index in [1.165, 1.54) is 0 Å². The molecule has 0 amide bonds. The molecule has 16 heavy (non-hydrogen) atoms. The van der Waals surface area contributed by atoms with Gasteiger partial charge in [0.1, 0.15) is 0 Å². The predicted octanol–water partition coefficient (Wildman–Crippen LogP) is 0.514. The van der Waals surface area contributed by atoms with Gasteiger partial charge in [-0.15, -0.1) is 0 Å². The minimum Gasteiger partial charge on any atom is -0.481 e. The third-order valence-electron chi connectivity index (χ3n) is 1.51. The van der Waals surface area contributed by atoms with Crippen molar-refractivity contribution in [3.05, 3.63) is 12.7 Å². The van der Waals surface area contributed by atoms with Gasteiger partial charge in [-0.1, -0.05) is 6.58 Å². The highest BCUT2D eigenvalue weighted by molar-refractivity contribution is 5.81. The van der Waals surface area contributed by atoms with Crippen molar-refractivity contribution in [1.29, 1.82) is 0 Å². The van der Waals surface area contributed by atoms with Crippen LogP contribution in [0.15, 0.2) is 12.7 Å². The lowest BCUT2D eigenvalue weighted by Gasteiger charge is -2.04. The molecule has 0 aromatic rings. The summed E-state index contributed by atoms with van der Waals surface area (Å²) < 4.78 is 9.32. The summed E-state index contributed by atoms with van der Waals surface area (Å²) in [5, 5.41) is 8.29. The summed E-state index contributed by atoms with van der Waals surface area (Å²) in [6.07, 6.45) is 1.02.